The van der Waals surface area contributed by atoms with E-state index in [1.54, 1.807) is 18.9 Å². The van der Waals surface area contributed by atoms with Gasteiger partial charge in [-0.05, 0) is 37.1 Å². The Morgan fingerprint density at radius 2 is 2.05 bits per heavy atom. The van der Waals surface area contributed by atoms with Crippen molar-refractivity contribution in [3.63, 3.8) is 0 Å². The molecule has 1 aromatic rings. The molecule has 0 N–H and O–H groups in total. The van der Waals surface area contributed by atoms with Gasteiger partial charge in [0.05, 0.1) is 0 Å². The highest BCUT2D eigenvalue weighted by molar-refractivity contribution is 5.97. The van der Waals surface area contributed by atoms with Crippen LogP contribution >= 0.6 is 0 Å². The van der Waals surface area contributed by atoms with Crippen LogP contribution in [0.15, 0.2) is 18.2 Å². The molecule has 1 aromatic carbocycles. The number of amides is 2. The number of rotatable bonds is 1. The third-order valence-electron chi connectivity index (χ3n) is 3.38. The zero-order valence-electron chi connectivity index (χ0n) is 11.1. The van der Waals surface area contributed by atoms with Gasteiger partial charge >= 0.3 is 0 Å². The van der Waals surface area contributed by atoms with Crippen LogP contribution in [0, 0.1) is 12.7 Å². The molecule has 1 aliphatic heterocycles. The summed E-state index contributed by atoms with van der Waals surface area (Å²) in [4.78, 5) is 27.3. The molecular formula is C14H17FN2O2. The lowest BCUT2D eigenvalue weighted by molar-refractivity contribution is -0.129. The number of nitrogens with zero attached hydrogens (tertiary/aromatic N) is 2. The summed E-state index contributed by atoms with van der Waals surface area (Å²) in [6.07, 6.45) is 0.758. The van der Waals surface area contributed by atoms with Crippen molar-refractivity contribution >= 4 is 11.8 Å². The first-order valence-electron chi connectivity index (χ1n) is 6.28. The number of carbonyl (C=O) groups excluding carboxylic acids is 2. The number of aryl methyl sites for hydroxylation is 1. The van der Waals surface area contributed by atoms with Crippen LogP contribution in [0.3, 0.4) is 0 Å². The Kier molecular flexibility index (Phi) is 3.83. The highest BCUT2D eigenvalue weighted by atomic mass is 19.1. The molecule has 4 nitrogen and oxygen atoms in total. The summed E-state index contributed by atoms with van der Waals surface area (Å²) in [6, 6.07) is 4.08. The lowest BCUT2D eigenvalue weighted by Gasteiger charge is -2.20. The van der Waals surface area contributed by atoms with Gasteiger partial charge in [0, 0.05) is 25.7 Å². The fourth-order valence-corrected chi connectivity index (χ4v) is 2.20. The van der Waals surface area contributed by atoms with Crippen molar-refractivity contribution in [2.45, 2.75) is 13.3 Å². The summed E-state index contributed by atoms with van der Waals surface area (Å²) in [6.45, 7) is 2.99. The minimum absolute atomic E-state index is 0.0642. The van der Waals surface area contributed by atoms with Gasteiger partial charge < -0.3 is 9.80 Å². The molecule has 0 saturated carbocycles. The van der Waals surface area contributed by atoms with Crippen LogP contribution in [-0.2, 0) is 4.79 Å². The Labute approximate surface area is 111 Å². The van der Waals surface area contributed by atoms with E-state index in [0.29, 0.717) is 24.2 Å². The summed E-state index contributed by atoms with van der Waals surface area (Å²) in [7, 11) is 1.74. The van der Waals surface area contributed by atoms with Gasteiger partial charge in [0.2, 0.25) is 5.91 Å². The van der Waals surface area contributed by atoms with Crippen LogP contribution in [0.2, 0.25) is 0 Å². The summed E-state index contributed by atoms with van der Waals surface area (Å²) in [5.41, 5.74) is 1.05. The molecule has 1 aliphatic rings. The fourth-order valence-electron chi connectivity index (χ4n) is 2.20. The Morgan fingerprint density at radius 3 is 2.74 bits per heavy atom. The molecule has 0 spiro atoms. The maximum Gasteiger partial charge on any atom is 0.254 e. The van der Waals surface area contributed by atoms with E-state index in [9.17, 15) is 14.0 Å². The largest absolute Gasteiger partial charge is 0.344 e. The molecule has 19 heavy (non-hydrogen) atoms. The molecule has 0 aromatic heterocycles. The molecule has 0 radical (unpaired) electrons. The number of likely N-dealkylation sites (N-methyl/N-ethyl adjacent to an activating group) is 1. The lowest BCUT2D eigenvalue weighted by atomic mass is 10.1. The highest BCUT2D eigenvalue weighted by Gasteiger charge is 2.24. The molecular weight excluding hydrogens is 247 g/mol. The van der Waals surface area contributed by atoms with E-state index in [2.05, 4.69) is 0 Å². The van der Waals surface area contributed by atoms with E-state index in [4.69, 9.17) is 0 Å². The Morgan fingerprint density at radius 1 is 1.32 bits per heavy atom. The van der Waals surface area contributed by atoms with Gasteiger partial charge in [-0.2, -0.15) is 0 Å². The maximum absolute atomic E-state index is 13.0. The number of hydrogen-bond acceptors (Lipinski definition) is 2. The third-order valence-corrected chi connectivity index (χ3v) is 3.38. The van der Waals surface area contributed by atoms with E-state index >= 15 is 0 Å². The molecule has 102 valence electrons. The van der Waals surface area contributed by atoms with Crippen LogP contribution in [0.25, 0.3) is 0 Å². The smallest absolute Gasteiger partial charge is 0.254 e. The third kappa shape index (κ3) is 2.92. The Hall–Kier alpha value is -1.91. The zero-order chi connectivity index (χ0) is 14.0. The summed E-state index contributed by atoms with van der Waals surface area (Å²) >= 11 is 0. The van der Waals surface area contributed by atoms with Gasteiger partial charge in [-0.1, -0.05) is 0 Å². The molecule has 0 aliphatic carbocycles. The van der Waals surface area contributed by atoms with E-state index in [1.807, 2.05) is 0 Å². The van der Waals surface area contributed by atoms with Crippen LogP contribution in [0.5, 0.6) is 0 Å². The van der Waals surface area contributed by atoms with Crippen LogP contribution in [-0.4, -0.2) is 48.3 Å². The normalized spacial score (nSPS) is 16.5. The van der Waals surface area contributed by atoms with E-state index < -0.39 is 0 Å². The van der Waals surface area contributed by atoms with Crippen LogP contribution < -0.4 is 0 Å². The van der Waals surface area contributed by atoms with Crippen molar-refractivity contribution in [1.29, 1.82) is 0 Å². The van der Waals surface area contributed by atoms with Gasteiger partial charge in [0.25, 0.3) is 5.91 Å². The first kappa shape index (κ1) is 13.5. The molecule has 1 heterocycles. The number of benzene rings is 1. The lowest BCUT2D eigenvalue weighted by Crippen LogP contribution is -2.38. The van der Waals surface area contributed by atoms with E-state index in [0.717, 1.165) is 6.42 Å². The van der Waals surface area contributed by atoms with E-state index in [1.165, 1.54) is 23.1 Å². The number of halogens is 1. The van der Waals surface area contributed by atoms with Gasteiger partial charge in [-0.3, -0.25) is 9.59 Å². The SMILES string of the molecule is Cc1cc(F)ccc1C(=O)N1CCCN(C)C(=O)C1. The van der Waals surface area contributed by atoms with Crippen molar-refractivity contribution in [3.8, 4) is 0 Å². The second-order valence-electron chi connectivity index (χ2n) is 4.85. The second kappa shape index (κ2) is 5.38. The molecule has 1 fully saturated rings. The topological polar surface area (TPSA) is 40.6 Å². The quantitative estimate of drug-likeness (QED) is 0.770. The monoisotopic (exact) mass is 264 g/mol. The first-order chi connectivity index (χ1) is 8.99. The van der Waals surface area contributed by atoms with Crippen molar-refractivity contribution in [2.75, 3.05) is 26.7 Å². The fraction of sp³-hybridized carbons (Fsp3) is 0.429. The summed E-state index contributed by atoms with van der Waals surface area (Å²) in [5.74, 6) is -0.632. The van der Waals surface area contributed by atoms with E-state index in [-0.39, 0.29) is 24.2 Å². The second-order valence-corrected chi connectivity index (χ2v) is 4.85. The van der Waals surface area contributed by atoms with Crippen molar-refractivity contribution in [2.24, 2.45) is 0 Å². The molecule has 0 unspecified atom stereocenters. The molecule has 0 atom stereocenters. The van der Waals surface area contributed by atoms with Crippen molar-refractivity contribution < 1.29 is 14.0 Å². The average molecular weight is 264 g/mol. The molecule has 5 heteroatoms. The average Bonchev–Trinajstić information content (AvgIpc) is 2.51. The summed E-state index contributed by atoms with van der Waals surface area (Å²) in [5, 5.41) is 0. The maximum atomic E-state index is 13.0. The van der Waals surface area contributed by atoms with Gasteiger partial charge in [-0.15, -0.1) is 0 Å². The molecule has 2 amide bonds. The van der Waals surface area contributed by atoms with Gasteiger partial charge in [0.15, 0.2) is 0 Å². The summed E-state index contributed by atoms with van der Waals surface area (Å²) < 4.78 is 13.0. The predicted molar refractivity (Wildman–Crippen MR) is 69.3 cm³/mol. The highest BCUT2D eigenvalue weighted by Crippen LogP contribution is 2.14. The number of carbonyl (C=O) groups is 2. The molecule has 1 saturated heterocycles. The predicted octanol–water partition coefficient (Wildman–Crippen LogP) is 1.44. The zero-order valence-corrected chi connectivity index (χ0v) is 11.1. The first-order valence-corrected chi connectivity index (χ1v) is 6.28. The van der Waals surface area contributed by atoms with Gasteiger partial charge in [0.1, 0.15) is 12.4 Å². The standard InChI is InChI=1S/C14H17FN2O2/c1-10-8-11(15)4-5-12(10)14(19)17-7-3-6-16(2)13(18)9-17/h4-5,8H,3,6-7,9H2,1-2H3. The van der Waals surface area contributed by atoms with Gasteiger partial charge in [-0.25, -0.2) is 4.39 Å². The minimum Gasteiger partial charge on any atom is -0.344 e. The van der Waals surface area contributed by atoms with Crippen molar-refractivity contribution in [1.82, 2.24) is 9.80 Å². The Bertz CT molecular complexity index is 516. The number of hydrogen-bond donors (Lipinski definition) is 0. The molecule has 2 rings (SSSR count). The van der Waals surface area contributed by atoms with Crippen molar-refractivity contribution in [3.05, 3.63) is 35.1 Å². The Balaban J connectivity index is 2.21. The van der Waals surface area contributed by atoms with Crippen LogP contribution in [0.1, 0.15) is 22.3 Å². The molecule has 0 bridgehead atoms. The van der Waals surface area contributed by atoms with Crippen LogP contribution in [0.4, 0.5) is 4.39 Å². The minimum atomic E-state index is -0.360.